The van der Waals surface area contributed by atoms with Gasteiger partial charge in [-0.3, -0.25) is 0 Å². The second-order valence-corrected chi connectivity index (χ2v) is 5.97. The maximum absolute atomic E-state index is 9.93. The van der Waals surface area contributed by atoms with Crippen LogP contribution in [0.4, 0.5) is 11.6 Å². The van der Waals surface area contributed by atoms with Gasteiger partial charge in [0.15, 0.2) is 0 Å². The number of aliphatic hydroxyl groups is 1. The number of likely N-dealkylation sites (N-methyl/N-ethyl adjacent to an activating group) is 1. The number of hydrogen-bond donors (Lipinski definition) is 3. The number of rotatable bonds is 5. The topological polar surface area (TPSA) is 87.3 Å². The molecule has 4 N–H and O–H groups in total. The van der Waals surface area contributed by atoms with Crippen LogP contribution in [0.2, 0.25) is 0 Å². The van der Waals surface area contributed by atoms with Gasteiger partial charge in [-0.05, 0) is 33.6 Å². The lowest BCUT2D eigenvalue weighted by Gasteiger charge is -2.28. The van der Waals surface area contributed by atoms with Crippen LogP contribution < -0.4 is 16.2 Å². The highest BCUT2D eigenvalue weighted by Gasteiger charge is 2.29. The summed E-state index contributed by atoms with van der Waals surface area (Å²) in [5.74, 6) is 8.32. The van der Waals surface area contributed by atoms with Crippen LogP contribution in [0.5, 0.6) is 0 Å². The van der Waals surface area contributed by atoms with Gasteiger partial charge in [0.25, 0.3) is 0 Å². The second kappa shape index (κ2) is 4.94. The summed E-state index contributed by atoms with van der Waals surface area (Å²) in [6.07, 6.45) is 2.28. The highest BCUT2D eigenvalue weighted by atomic mass is 16.3. The number of nitrogens with two attached hydrogens (primary N) is 1. The van der Waals surface area contributed by atoms with Crippen molar-refractivity contribution < 1.29 is 5.11 Å². The van der Waals surface area contributed by atoms with Crippen molar-refractivity contribution in [2.24, 2.45) is 5.84 Å². The molecule has 1 aromatic rings. The summed E-state index contributed by atoms with van der Waals surface area (Å²) in [7, 11) is 1.92. The summed E-state index contributed by atoms with van der Waals surface area (Å²) < 4.78 is 0. The van der Waals surface area contributed by atoms with Gasteiger partial charge in [0.05, 0.1) is 5.60 Å². The standard InChI is InChI=1S/C13H23N5O/c1-8-10(17-14)15-11(9-5-6-9)16-12(8)18(4)7-13(2,3)19/h9,19H,5-7,14H2,1-4H3,(H,15,16,17). The van der Waals surface area contributed by atoms with Gasteiger partial charge < -0.3 is 15.4 Å². The molecule has 0 saturated heterocycles. The van der Waals surface area contributed by atoms with E-state index in [2.05, 4.69) is 15.4 Å². The maximum Gasteiger partial charge on any atom is 0.148 e. The van der Waals surface area contributed by atoms with Crippen LogP contribution in [0.3, 0.4) is 0 Å². The van der Waals surface area contributed by atoms with E-state index in [-0.39, 0.29) is 0 Å². The van der Waals surface area contributed by atoms with Crippen molar-refractivity contribution in [2.45, 2.75) is 45.1 Å². The van der Waals surface area contributed by atoms with Crippen LogP contribution in [-0.4, -0.2) is 34.3 Å². The van der Waals surface area contributed by atoms with Gasteiger partial charge in [-0.2, -0.15) is 0 Å². The van der Waals surface area contributed by atoms with E-state index in [0.29, 0.717) is 18.3 Å². The van der Waals surface area contributed by atoms with Crippen LogP contribution in [0, 0.1) is 6.92 Å². The smallest absolute Gasteiger partial charge is 0.148 e. The van der Waals surface area contributed by atoms with Crippen molar-refractivity contribution in [2.75, 3.05) is 23.9 Å². The number of nitrogens with one attached hydrogen (secondary N) is 1. The zero-order valence-corrected chi connectivity index (χ0v) is 12.1. The first-order valence-corrected chi connectivity index (χ1v) is 6.60. The van der Waals surface area contributed by atoms with Crippen LogP contribution in [-0.2, 0) is 0 Å². The molecule has 0 bridgehead atoms. The summed E-state index contributed by atoms with van der Waals surface area (Å²) >= 11 is 0. The number of anilines is 2. The minimum atomic E-state index is -0.776. The minimum absolute atomic E-state index is 0.460. The lowest BCUT2D eigenvalue weighted by atomic mass is 10.1. The first kappa shape index (κ1) is 14.0. The highest BCUT2D eigenvalue weighted by Crippen LogP contribution is 2.39. The van der Waals surface area contributed by atoms with Gasteiger partial charge in [-0.25, -0.2) is 15.8 Å². The Hall–Kier alpha value is -1.40. The Bertz CT molecular complexity index is 465. The summed E-state index contributed by atoms with van der Waals surface area (Å²) in [4.78, 5) is 11.0. The first-order chi connectivity index (χ1) is 8.81. The average molecular weight is 265 g/mol. The van der Waals surface area contributed by atoms with Crippen molar-refractivity contribution in [3.05, 3.63) is 11.4 Å². The quantitative estimate of drug-likeness (QED) is 0.547. The summed E-state index contributed by atoms with van der Waals surface area (Å²) in [5.41, 5.74) is 2.76. The molecule has 1 aliphatic rings. The van der Waals surface area contributed by atoms with Crippen LogP contribution in [0.25, 0.3) is 0 Å². The predicted molar refractivity (Wildman–Crippen MR) is 76.1 cm³/mol. The number of aromatic nitrogens is 2. The molecule has 0 aromatic carbocycles. The van der Waals surface area contributed by atoms with Crippen molar-refractivity contribution in [3.8, 4) is 0 Å². The zero-order chi connectivity index (χ0) is 14.2. The van der Waals surface area contributed by atoms with Crippen molar-refractivity contribution in [1.82, 2.24) is 9.97 Å². The van der Waals surface area contributed by atoms with Crippen molar-refractivity contribution >= 4 is 11.6 Å². The molecule has 19 heavy (non-hydrogen) atoms. The number of hydrazine groups is 1. The lowest BCUT2D eigenvalue weighted by molar-refractivity contribution is 0.0884. The Kier molecular flexibility index (Phi) is 3.64. The molecule has 0 atom stereocenters. The van der Waals surface area contributed by atoms with E-state index in [1.54, 1.807) is 13.8 Å². The third-order valence-corrected chi connectivity index (χ3v) is 3.20. The molecule has 1 aromatic heterocycles. The SMILES string of the molecule is Cc1c(NN)nc(C2CC2)nc1N(C)CC(C)(C)O. The van der Waals surface area contributed by atoms with Crippen LogP contribution in [0.15, 0.2) is 0 Å². The van der Waals surface area contributed by atoms with E-state index < -0.39 is 5.60 Å². The molecular formula is C13H23N5O. The fourth-order valence-electron chi connectivity index (χ4n) is 2.21. The molecule has 1 aliphatic carbocycles. The molecule has 0 radical (unpaired) electrons. The zero-order valence-electron chi connectivity index (χ0n) is 12.1. The molecular weight excluding hydrogens is 242 g/mol. The molecule has 0 aliphatic heterocycles. The van der Waals surface area contributed by atoms with Gasteiger partial charge in [0.1, 0.15) is 17.5 Å². The minimum Gasteiger partial charge on any atom is -0.389 e. The van der Waals surface area contributed by atoms with Crippen LogP contribution >= 0.6 is 0 Å². The normalized spacial score (nSPS) is 15.5. The summed E-state index contributed by atoms with van der Waals surface area (Å²) in [6, 6.07) is 0. The van der Waals surface area contributed by atoms with E-state index in [1.807, 2.05) is 18.9 Å². The number of nitrogens with zero attached hydrogens (tertiary/aromatic N) is 3. The molecule has 0 amide bonds. The molecule has 6 nitrogen and oxygen atoms in total. The molecule has 0 spiro atoms. The lowest BCUT2D eigenvalue weighted by Crippen LogP contribution is -2.37. The molecule has 1 fully saturated rings. The van der Waals surface area contributed by atoms with Gasteiger partial charge in [-0.15, -0.1) is 0 Å². The average Bonchev–Trinajstić information content (AvgIpc) is 3.10. The molecule has 0 unspecified atom stereocenters. The van der Waals surface area contributed by atoms with Crippen LogP contribution in [0.1, 0.15) is 44.0 Å². The molecule has 2 rings (SSSR count). The van der Waals surface area contributed by atoms with Gasteiger partial charge in [0.2, 0.25) is 0 Å². The van der Waals surface area contributed by atoms with Gasteiger partial charge in [-0.1, -0.05) is 0 Å². The predicted octanol–water partition coefficient (Wildman–Crippen LogP) is 1.16. The van der Waals surface area contributed by atoms with Crippen molar-refractivity contribution in [3.63, 3.8) is 0 Å². The molecule has 1 heterocycles. The van der Waals surface area contributed by atoms with Gasteiger partial charge in [0, 0.05) is 25.1 Å². The molecule has 106 valence electrons. The fourth-order valence-corrected chi connectivity index (χ4v) is 2.21. The Morgan fingerprint density at radius 1 is 1.42 bits per heavy atom. The second-order valence-electron chi connectivity index (χ2n) is 5.97. The first-order valence-electron chi connectivity index (χ1n) is 6.60. The van der Waals surface area contributed by atoms with E-state index in [9.17, 15) is 5.11 Å². The summed E-state index contributed by atoms with van der Waals surface area (Å²) in [5, 5.41) is 9.93. The monoisotopic (exact) mass is 265 g/mol. The Morgan fingerprint density at radius 2 is 2.05 bits per heavy atom. The number of nitrogen functional groups attached to an aromatic ring is 1. The molecule has 6 heteroatoms. The maximum atomic E-state index is 9.93. The highest BCUT2D eigenvalue weighted by molar-refractivity contribution is 5.58. The van der Waals surface area contributed by atoms with E-state index in [4.69, 9.17) is 5.84 Å². The third kappa shape index (κ3) is 3.33. The molecule has 1 saturated carbocycles. The number of hydrogen-bond acceptors (Lipinski definition) is 6. The van der Waals surface area contributed by atoms with E-state index >= 15 is 0 Å². The van der Waals surface area contributed by atoms with Crippen molar-refractivity contribution in [1.29, 1.82) is 0 Å². The van der Waals surface area contributed by atoms with E-state index in [1.165, 1.54) is 0 Å². The largest absolute Gasteiger partial charge is 0.389 e. The van der Waals surface area contributed by atoms with E-state index in [0.717, 1.165) is 30.0 Å². The Morgan fingerprint density at radius 3 is 2.53 bits per heavy atom. The Balaban J connectivity index is 2.34. The van der Waals surface area contributed by atoms with Gasteiger partial charge >= 0.3 is 0 Å². The Labute approximate surface area is 114 Å². The fraction of sp³-hybridized carbons (Fsp3) is 0.692. The summed E-state index contributed by atoms with van der Waals surface area (Å²) in [6.45, 7) is 5.99. The third-order valence-electron chi connectivity index (χ3n) is 3.20.